The van der Waals surface area contributed by atoms with Gasteiger partial charge in [-0.25, -0.2) is 10.2 Å². The topological polar surface area (TPSA) is 89.2 Å². The molecule has 1 aliphatic rings. The summed E-state index contributed by atoms with van der Waals surface area (Å²) in [7, 11) is 0. The van der Waals surface area contributed by atoms with Gasteiger partial charge in [-0.2, -0.15) is 5.10 Å². The standard InChI is InChI=1S/C16H24N4O3/c1-12-10-20(11-13(2)23-12)7-8-22-15-6-4-3-5-14(15)9-18-19-16(17)21/h3-6,9,12-13H,7-8,10-11H2,1-2H3,(H3,17,19,21). The molecule has 0 spiro atoms. The molecule has 126 valence electrons. The lowest BCUT2D eigenvalue weighted by Crippen LogP contribution is -2.46. The lowest BCUT2D eigenvalue weighted by Gasteiger charge is -2.35. The molecule has 2 rings (SSSR count). The Balaban J connectivity index is 1.85. The summed E-state index contributed by atoms with van der Waals surface area (Å²) in [6.07, 6.45) is 2.01. The Labute approximate surface area is 136 Å². The maximum absolute atomic E-state index is 10.6. The number of hydrogen-bond donors (Lipinski definition) is 2. The molecule has 1 saturated heterocycles. The van der Waals surface area contributed by atoms with E-state index in [9.17, 15) is 4.79 Å². The number of amides is 2. The van der Waals surface area contributed by atoms with Gasteiger partial charge in [-0.05, 0) is 26.0 Å². The third kappa shape index (κ3) is 5.88. The minimum Gasteiger partial charge on any atom is -0.492 e. The molecule has 7 heteroatoms. The molecule has 0 aromatic heterocycles. The van der Waals surface area contributed by atoms with E-state index in [-0.39, 0.29) is 12.2 Å². The summed E-state index contributed by atoms with van der Waals surface area (Å²) in [4.78, 5) is 13.0. The first-order chi connectivity index (χ1) is 11.0. The average Bonchev–Trinajstić information content (AvgIpc) is 2.47. The molecule has 0 radical (unpaired) electrons. The smallest absolute Gasteiger partial charge is 0.332 e. The van der Waals surface area contributed by atoms with Crippen molar-refractivity contribution in [3.05, 3.63) is 29.8 Å². The number of para-hydroxylation sites is 1. The molecule has 0 saturated carbocycles. The first-order valence-electron chi connectivity index (χ1n) is 7.72. The number of benzene rings is 1. The van der Waals surface area contributed by atoms with Gasteiger partial charge in [0.05, 0.1) is 18.4 Å². The van der Waals surface area contributed by atoms with Crippen LogP contribution in [-0.2, 0) is 4.74 Å². The van der Waals surface area contributed by atoms with E-state index >= 15 is 0 Å². The van der Waals surface area contributed by atoms with Crippen LogP contribution >= 0.6 is 0 Å². The minimum absolute atomic E-state index is 0.248. The van der Waals surface area contributed by atoms with E-state index in [4.69, 9.17) is 15.2 Å². The summed E-state index contributed by atoms with van der Waals surface area (Å²) in [6, 6.07) is 6.81. The molecule has 2 unspecified atom stereocenters. The third-order valence-electron chi connectivity index (χ3n) is 3.46. The number of morpholine rings is 1. The van der Waals surface area contributed by atoms with Crippen molar-refractivity contribution in [2.24, 2.45) is 10.8 Å². The number of nitrogens with two attached hydrogens (primary N) is 1. The average molecular weight is 320 g/mol. The Hall–Kier alpha value is -2.12. The second-order valence-corrected chi connectivity index (χ2v) is 5.64. The van der Waals surface area contributed by atoms with Crippen LogP contribution in [0.5, 0.6) is 5.75 Å². The maximum atomic E-state index is 10.6. The molecule has 1 aromatic carbocycles. The van der Waals surface area contributed by atoms with Crippen LogP contribution in [0, 0.1) is 0 Å². The molecule has 1 aromatic rings. The zero-order valence-corrected chi connectivity index (χ0v) is 13.6. The van der Waals surface area contributed by atoms with Gasteiger partial charge in [0.1, 0.15) is 12.4 Å². The molecule has 1 aliphatic heterocycles. The van der Waals surface area contributed by atoms with Crippen molar-refractivity contribution in [1.29, 1.82) is 0 Å². The van der Waals surface area contributed by atoms with Crippen molar-refractivity contribution in [3.8, 4) is 5.75 Å². The van der Waals surface area contributed by atoms with Gasteiger partial charge in [-0.15, -0.1) is 0 Å². The molecule has 1 heterocycles. The van der Waals surface area contributed by atoms with Crippen LogP contribution in [0.1, 0.15) is 19.4 Å². The van der Waals surface area contributed by atoms with Crippen molar-refractivity contribution < 1.29 is 14.3 Å². The second-order valence-electron chi connectivity index (χ2n) is 5.64. The largest absolute Gasteiger partial charge is 0.492 e. The zero-order valence-electron chi connectivity index (χ0n) is 13.6. The molecule has 1 fully saturated rings. The normalized spacial score (nSPS) is 22.2. The van der Waals surface area contributed by atoms with Crippen LogP contribution < -0.4 is 15.9 Å². The van der Waals surface area contributed by atoms with Crippen LogP contribution in [0.25, 0.3) is 0 Å². The van der Waals surface area contributed by atoms with Crippen LogP contribution in [0.15, 0.2) is 29.4 Å². The number of rotatable bonds is 6. The van der Waals surface area contributed by atoms with E-state index in [1.807, 2.05) is 24.3 Å². The highest BCUT2D eigenvalue weighted by Crippen LogP contribution is 2.16. The second kappa shape index (κ2) is 8.50. The number of ether oxygens (including phenoxy) is 2. The Morgan fingerprint density at radius 2 is 2.13 bits per heavy atom. The molecular formula is C16H24N4O3. The van der Waals surface area contributed by atoms with Crippen LogP contribution in [0.3, 0.4) is 0 Å². The van der Waals surface area contributed by atoms with Gasteiger partial charge in [0, 0.05) is 25.2 Å². The molecule has 23 heavy (non-hydrogen) atoms. The summed E-state index contributed by atoms with van der Waals surface area (Å²) in [5.74, 6) is 0.719. The summed E-state index contributed by atoms with van der Waals surface area (Å²) in [6.45, 7) is 7.41. The summed E-state index contributed by atoms with van der Waals surface area (Å²) in [5.41, 5.74) is 7.92. The van der Waals surface area contributed by atoms with Crippen molar-refractivity contribution in [1.82, 2.24) is 10.3 Å². The molecule has 0 aliphatic carbocycles. The Kier molecular flexibility index (Phi) is 6.37. The molecule has 3 N–H and O–H groups in total. The van der Waals surface area contributed by atoms with Gasteiger partial charge in [-0.1, -0.05) is 12.1 Å². The van der Waals surface area contributed by atoms with Crippen molar-refractivity contribution in [2.45, 2.75) is 26.1 Å². The quantitative estimate of drug-likeness (QED) is 0.608. The highest BCUT2D eigenvalue weighted by atomic mass is 16.5. The number of urea groups is 1. The fourth-order valence-electron chi connectivity index (χ4n) is 2.64. The van der Waals surface area contributed by atoms with Gasteiger partial charge in [-0.3, -0.25) is 4.90 Å². The zero-order chi connectivity index (χ0) is 16.7. The number of carbonyl (C=O) groups excluding carboxylic acids is 1. The fourth-order valence-corrected chi connectivity index (χ4v) is 2.64. The highest BCUT2D eigenvalue weighted by Gasteiger charge is 2.21. The number of primary amides is 1. The number of carbonyl (C=O) groups is 1. The van der Waals surface area contributed by atoms with E-state index in [1.54, 1.807) is 0 Å². The molecule has 2 atom stereocenters. The fraction of sp³-hybridized carbons (Fsp3) is 0.500. The number of nitrogens with zero attached hydrogens (tertiary/aromatic N) is 2. The van der Waals surface area contributed by atoms with Gasteiger partial charge in [0.25, 0.3) is 0 Å². The predicted molar refractivity (Wildman–Crippen MR) is 88.7 cm³/mol. The van der Waals surface area contributed by atoms with E-state index in [0.29, 0.717) is 6.61 Å². The number of nitrogens with one attached hydrogen (secondary N) is 1. The molecular weight excluding hydrogens is 296 g/mol. The van der Waals surface area contributed by atoms with E-state index in [0.717, 1.165) is 30.9 Å². The van der Waals surface area contributed by atoms with Crippen LogP contribution in [0.4, 0.5) is 4.79 Å². The SMILES string of the molecule is CC1CN(CCOc2ccccc2C=NNC(N)=O)CC(C)O1. The van der Waals surface area contributed by atoms with Gasteiger partial charge >= 0.3 is 6.03 Å². The monoisotopic (exact) mass is 320 g/mol. The van der Waals surface area contributed by atoms with Crippen molar-refractivity contribution in [2.75, 3.05) is 26.2 Å². The Morgan fingerprint density at radius 1 is 1.43 bits per heavy atom. The Morgan fingerprint density at radius 3 is 2.83 bits per heavy atom. The van der Waals surface area contributed by atoms with E-state index in [2.05, 4.69) is 29.3 Å². The molecule has 2 amide bonds. The first kappa shape index (κ1) is 17.2. The predicted octanol–water partition coefficient (Wildman–Crippen LogP) is 1.18. The molecule has 0 bridgehead atoms. The van der Waals surface area contributed by atoms with Crippen LogP contribution in [0.2, 0.25) is 0 Å². The van der Waals surface area contributed by atoms with Crippen molar-refractivity contribution >= 4 is 12.2 Å². The lowest BCUT2D eigenvalue weighted by molar-refractivity contribution is -0.0699. The third-order valence-corrected chi connectivity index (χ3v) is 3.46. The van der Waals surface area contributed by atoms with Gasteiger partial charge < -0.3 is 15.2 Å². The summed E-state index contributed by atoms with van der Waals surface area (Å²) in [5, 5.41) is 3.76. The van der Waals surface area contributed by atoms with Gasteiger partial charge in [0.15, 0.2) is 0 Å². The Bertz CT molecular complexity index is 540. The minimum atomic E-state index is -0.699. The number of hydrogen-bond acceptors (Lipinski definition) is 5. The van der Waals surface area contributed by atoms with E-state index < -0.39 is 6.03 Å². The first-order valence-corrected chi connectivity index (χ1v) is 7.72. The highest BCUT2D eigenvalue weighted by molar-refractivity contribution is 5.84. The van der Waals surface area contributed by atoms with E-state index in [1.165, 1.54) is 6.21 Å². The van der Waals surface area contributed by atoms with Gasteiger partial charge in [0.2, 0.25) is 0 Å². The van der Waals surface area contributed by atoms with Crippen LogP contribution in [-0.4, -0.2) is 55.6 Å². The molecule has 7 nitrogen and oxygen atoms in total. The van der Waals surface area contributed by atoms with Crippen molar-refractivity contribution in [3.63, 3.8) is 0 Å². The lowest BCUT2D eigenvalue weighted by atomic mass is 10.2. The summed E-state index contributed by atoms with van der Waals surface area (Å²) < 4.78 is 11.6. The summed E-state index contributed by atoms with van der Waals surface area (Å²) >= 11 is 0. The number of hydrazone groups is 1. The maximum Gasteiger partial charge on any atom is 0.332 e.